The Morgan fingerprint density at radius 3 is 2.70 bits per heavy atom. The predicted molar refractivity (Wildman–Crippen MR) is 42.4 cm³/mol. The van der Waals surface area contributed by atoms with E-state index >= 15 is 0 Å². The van der Waals surface area contributed by atoms with Crippen LogP contribution in [0.25, 0.3) is 0 Å². The lowest BCUT2D eigenvalue weighted by atomic mass is 9.87. The van der Waals surface area contributed by atoms with Crippen molar-refractivity contribution in [3.05, 3.63) is 0 Å². The van der Waals surface area contributed by atoms with E-state index in [4.69, 9.17) is 6.42 Å². The van der Waals surface area contributed by atoms with Crippen LogP contribution >= 0.6 is 0 Å². The highest BCUT2D eigenvalue weighted by molar-refractivity contribution is 4.96. The SMILES string of the molecule is C#CCC1CC2CCC1C2. The standard InChI is InChI=1S/C10H14/c1-2-3-9-6-8-4-5-10(9)7-8/h1,8-10H,3-7H2. The lowest BCUT2D eigenvalue weighted by Gasteiger charge is -2.18. The fourth-order valence-corrected chi connectivity index (χ4v) is 2.78. The largest absolute Gasteiger partial charge is 0.120 e. The Hall–Kier alpha value is -0.440. The molecule has 0 aromatic carbocycles. The van der Waals surface area contributed by atoms with Crippen LogP contribution in [0.3, 0.4) is 0 Å². The van der Waals surface area contributed by atoms with Crippen LogP contribution in [0.1, 0.15) is 32.1 Å². The van der Waals surface area contributed by atoms with Gasteiger partial charge in [0.05, 0.1) is 0 Å². The molecule has 0 amide bonds. The van der Waals surface area contributed by atoms with Gasteiger partial charge in [0, 0.05) is 6.42 Å². The second-order valence-corrected chi connectivity index (χ2v) is 3.84. The minimum absolute atomic E-state index is 0.906. The molecular weight excluding hydrogens is 120 g/mol. The lowest BCUT2D eigenvalue weighted by Crippen LogP contribution is -2.08. The van der Waals surface area contributed by atoms with E-state index in [0.717, 1.165) is 24.2 Å². The van der Waals surface area contributed by atoms with Gasteiger partial charge in [-0.15, -0.1) is 12.3 Å². The molecule has 54 valence electrons. The Morgan fingerprint density at radius 2 is 2.20 bits per heavy atom. The monoisotopic (exact) mass is 134 g/mol. The van der Waals surface area contributed by atoms with Crippen molar-refractivity contribution in [3.8, 4) is 12.3 Å². The molecule has 0 nitrogen and oxygen atoms in total. The van der Waals surface area contributed by atoms with Crippen LogP contribution < -0.4 is 0 Å². The van der Waals surface area contributed by atoms with Crippen LogP contribution in [0, 0.1) is 30.1 Å². The summed E-state index contributed by atoms with van der Waals surface area (Å²) in [5.74, 6) is 5.77. The third-order valence-electron chi connectivity index (χ3n) is 3.26. The Labute approximate surface area is 63.0 Å². The highest BCUT2D eigenvalue weighted by Gasteiger charge is 2.38. The van der Waals surface area contributed by atoms with Crippen molar-refractivity contribution in [1.29, 1.82) is 0 Å². The zero-order chi connectivity index (χ0) is 6.97. The summed E-state index contributed by atoms with van der Waals surface area (Å²) in [6, 6.07) is 0. The van der Waals surface area contributed by atoms with Crippen LogP contribution in [0.15, 0.2) is 0 Å². The van der Waals surface area contributed by atoms with Crippen LogP contribution in [0.4, 0.5) is 0 Å². The molecule has 2 rings (SSSR count). The zero-order valence-electron chi connectivity index (χ0n) is 6.34. The normalized spacial score (nSPS) is 43.7. The number of fused-ring (bicyclic) bond motifs is 2. The molecule has 0 saturated heterocycles. The van der Waals surface area contributed by atoms with E-state index in [1.165, 1.54) is 25.7 Å². The maximum absolute atomic E-state index is 5.29. The molecule has 0 aromatic heterocycles. The second-order valence-electron chi connectivity index (χ2n) is 3.84. The molecular formula is C10H14. The average molecular weight is 134 g/mol. The third kappa shape index (κ3) is 0.850. The summed E-state index contributed by atoms with van der Waals surface area (Å²) in [4.78, 5) is 0. The Kier molecular flexibility index (Phi) is 1.45. The van der Waals surface area contributed by atoms with Gasteiger partial charge in [-0.1, -0.05) is 6.42 Å². The summed E-state index contributed by atoms with van der Waals surface area (Å²) in [5, 5.41) is 0. The van der Waals surface area contributed by atoms with Gasteiger partial charge in [-0.05, 0) is 37.0 Å². The van der Waals surface area contributed by atoms with Gasteiger partial charge >= 0.3 is 0 Å². The number of terminal acetylenes is 1. The summed E-state index contributed by atoms with van der Waals surface area (Å²) >= 11 is 0. The zero-order valence-corrected chi connectivity index (χ0v) is 6.34. The van der Waals surface area contributed by atoms with Gasteiger partial charge in [-0.2, -0.15) is 0 Å². The fourth-order valence-electron chi connectivity index (χ4n) is 2.78. The first-order valence-electron chi connectivity index (χ1n) is 4.33. The Bertz CT molecular complexity index is 163. The van der Waals surface area contributed by atoms with E-state index in [9.17, 15) is 0 Å². The second kappa shape index (κ2) is 2.31. The summed E-state index contributed by atoms with van der Waals surface area (Å²) in [7, 11) is 0. The van der Waals surface area contributed by atoms with Crippen molar-refractivity contribution in [2.75, 3.05) is 0 Å². The minimum atomic E-state index is 0.906. The molecule has 10 heavy (non-hydrogen) atoms. The summed E-state index contributed by atoms with van der Waals surface area (Å²) < 4.78 is 0. The highest BCUT2D eigenvalue weighted by Crippen LogP contribution is 2.49. The van der Waals surface area contributed by atoms with E-state index in [1.807, 2.05) is 0 Å². The van der Waals surface area contributed by atoms with Gasteiger partial charge in [0.2, 0.25) is 0 Å². The van der Waals surface area contributed by atoms with Crippen LogP contribution in [0.2, 0.25) is 0 Å². The van der Waals surface area contributed by atoms with E-state index in [1.54, 1.807) is 0 Å². The van der Waals surface area contributed by atoms with Gasteiger partial charge < -0.3 is 0 Å². The molecule has 2 aliphatic rings. The third-order valence-corrected chi connectivity index (χ3v) is 3.26. The Morgan fingerprint density at radius 1 is 1.30 bits per heavy atom. The van der Waals surface area contributed by atoms with E-state index in [2.05, 4.69) is 5.92 Å². The summed E-state index contributed by atoms with van der Waals surface area (Å²) in [6.45, 7) is 0. The van der Waals surface area contributed by atoms with Gasteiger partial charge in [0.1, 0.15) is 0 Å². The first kappa shape index (κ1) is 6.28. The van der Waals surface area contributed by atoms with Crippen LogP contribution in [0.5, 0.6) is 0 Å². The minimum Gasteiger partial charge on any atom is -0.120 e. The summed E-state index contributed by atoms with van der Waals surface area (Å²) in [6.07, 6.45) is 12.2. The van der Waals surface area contributed by atoms with Crippen molar-refractivity contribution in [2.45, 2.75) is 32.1 Å². The van der Waals surface area contributed by atoms with E-state index in [0.29, 0.717) is 0 Å². The van der Waals surface area contributed by atoms with Crippen LogP contribution in [-0.2, 0) is 0 Å². The quantitative estimate of drug-likeness (QED) is 0.483. The van der Waals surface area contributed by atoms with Crippen molar-refractivity contribution in [2.24, 2.45) is 17.8 Å². The van der Waals surface area contributed by atoms with E-state index in [-0.39, 0.29) is 0 Å². The smallest absolute Gasteiger partial charge is 0.0117 e. The lowest BCUT2D eigenvalue weighted by molar-refractivity contribution is 0.340. The van der Waals surface area contributed by atoms with Crippen molar-refractivity contribution < 1.29 is 0 Å². The molecule has 0 heteroatoms. The van der Waals surface area contributed by atoms with Crippen molar-refractivity contribution in [3.63, 3.8) is 0 Å². The van der Waals surface area contributed by atoms with Gasteiger partial charge in [-0.25, -0.2) is 0 Å². The first-order valence-corrected chi connectivity index (χ1v) is 4.33. The number of rotatable bonds is 1. The average Bonchev–Trinajstić information content (AvgIpc) is 2.48. The molecule has 0 aromatic rings. The molecule has 2 saturated carbocycles. The molecule has 3 unspecified atom stereocenters. The van der Waals surface area contributed by atoms with Crippen LogP contribution in [-0.4, -0.2) is 0 Å². The van der Waals surface area contributed by atoms with E-state index < -0.39 is 0 Å². The molecule has 2 fully saturated rings. The Balaban J connectivity index is 1.97. The number of hydrogen-bond acceptors (Lipinski definition) is 0. The molecule has 2 bridgehead atoms. The molecule has 3 atom stereocenters. The van der Waals surface area contributed by atoms with Crippen molar-refractivity contribution in [1.82, 2.24) is 0 Å². The van der Waals surface area contributed by atoms with Gasteiger partial charge in [0.15, 0.2) is 0 Å². The number of hydrogen-bond donors (Lipinski definition) is 0. The first-order chi connectivity index (χ1) is 4.90. The molecule has 2 aliphatic carbocycles. The van der Waals surface area contributed by atoms with Gasteiger partial charge in [-0.3, -0.25) is 0 Å². The molecule has 0 spiro atoms. The fraction of sp³-hybridized carbons (Fsp3) is 0.800. The molecule has 0 radical (unpaired) electrons. The van der Waals surface area contributed by atoms with Gasteiger partial charge in [0.25, 0.3) is 0 Å². The maximum atomic E-state index is 5.29. The van der Waals surface area contributed by atoms with Crippen molar-refractivity contribution >= 4 is 0 Å². The molecule has 0 N–H and O–H groups in total. The highest BCUT2D eigenvalue weighted by atomic mass is 14.4. The maximum Gasteiger partial charge on any atom is 0.0117 e. The topological polar surface area (TPSA) is 0 Å². The summed E-state index contributed by atoms with van der Waals surface area (Å²) in [5.41, 5.74) is 0. The molecule has 0 aliphatic heterocycles. The molecule has 0 heterocycles. The predicted octanol–water partition coefficient (Wildman–Crippen LogP) is 2.45.